The predicted octanol–water partition coefficient (Wildman–Crippen LogP) is 2.03. The lowest BCUT2D eigenvalue weighted by Gasteiger charge is -2.17. The molecule has 1 rings (SSSR count). The molecule has 1 aromatic carbocycles. The van der Waals surface area contributed by atoms with Crippen molar-refractivity contribution in [3.05, 3.63) is 33.3 Å². The maximum absolute atomic E-state index is 12.4. The fourth-order valence-electron chi connectivity index (χ4n) is 1.76. The third-order valence-corrected chi connectivity index (χ3v) is 5.08. The smallest absolute Gasteiger partial charge is 0.290 e. The molecule has 118 valence electrons. The Hall–Kier alpha value is -1.22. The van der Waals surface area contributed by atoms with Gasteiger partial charge in [0.25, 0.3) is 5.69 Å². The number of aliphatic hydroxyl groups excluding tert-OH is 1. The Kier molecular flexibility index (Phi) is 6.53. The second-order valence-corrected chi connectivity index (χ2v) is 6.93. The van der Waals surface area contributed by atoms with Gasteiger partial charge in [0.2, 0.25) is 10.0 Å². The second-order valence-electron chi connectivity index (χ2n) is 4.48. The van der Waals surface area contributed by atoms with Crippen LogP contribution in [-0.4, -0.2) is 43.0 Å². The fourth-order valence-corrected chi connectivity index (χ4v) is 3.27. The number of nitro groups is 1. The van der Waals surface area contributed by atoms with Crippen LogP contribution in [0.15, 0.2) is 23.1 Å². The average Bonchev–Trinajstić information content (AvgIpc) is 2.42. The zero-order chi connectivity index (χ0) is 16.0. The quantitative estimate of drug-likeness (QED) is 0.444. The number of unbranched alkanes of at least 4 members (excludes halogenated alkanes) is 2. The molecule has 0 fully saturated rings. The molecule has 0 amide bonds. The summed E-state index contributed by atoms with van der Waals surface area (Å²) >= 11 is 5.67. The Labute approximate surface area is 128 Å². The van der Waals surface area contributed by atoms with Crippen LogP contribution in [0.4, 0.5) is 5.69 Å². The van der Waals surface area contributed by atoms with E-state index < -0.39 is 20.6 Å². The van der Waals surface area contributed by atoms with Crippen molar-refractivity contribution in [3.63, 3.8) is 0 Å². The molecular formula is C12H17ClN2O5S. The molecule has 9 heteroatoms. The lowest BCUT2D eigenvalue weighted by Crippen LogP contribution is -2.28. The summed E-state index contributed by atoms with van der Waals surface area (Å²) in [5.74, 6) is 0. The van der Waals surface area contributed by atoms with E-state index >= 15 is 0 Å². The van der Waals surface area contributed by atoms with Crippen molar-refractivity contribution in [2.75, 3.05) is 20.2 Å². The lowest BCUT2D eigenvalue weighted by molar-refractivity contribution is -0.387. The normalized spacial score (nSPS) is 11.8. The predicted molar refractivity (Wildman–Crippen MR) is 78.9 cm³/mol. The van der Waals surface area contributed by atoms with Gasteiger partial charge < -0.3 is 5.11 Å². The number of sulfonamides is 1. The van der Waals surface area contributed by atoms with E-state index in [0.29, 0.717) is 19.3 Å². The Balaban J connectivity index is 2.99. The molecule has 0 unspecified atom stereocenters. The van der Waals surface area contributed by atoms with Gasteiger partial charge in [-0.05, 0) is 31.4 Å². The highest BCUT2D eigenvalue weighted by Gasteiger charge is 2.29. The van der Waals surface area contributed by atoms with Gasteiger partial charge in [-0.2, -0.15) is 0 Å². The molecule has 21 heavy (non-hydrogen) atoms. The number of hydrogen-bond donors (Lipinski definition) is 1. The fraction of sp³-hybridized carbons (Fsp3) is 0.500. The van der Waals surface area contributed by atoms with E-state index in [1.807, 2.05) is 0 Å². The number of halogens is 1. The van der Waals surface area contributed by atoms with Gasteiger partial charge in [0, 0.05) is 31.3 Å². The van der Waals surface area contributed by atoms with E-state index in [4.69, 9.17) is 16.7 Å². The Morgan fingerprint density at radius 1 is 1.33 bits per heavy atom. The van der Waals surface area contributed by atoms with Crippen LogP contribution in [-0.2, 0) is 10.0 Å². The standard InChI is InChI=1S/C12H17ClN2O5S/c1-14(7-3-2-4-8-16)21(19,20)12-6-5-10(13)9-11(12)15(17)18/h5-6,9,16H,2-4,7-8H2,1H3. The molecule has 0 aliphatic rings. The molecule has 0 radical (unpaired) electrons. The van der Waals surface area contributed by atoms with Crippen molar-refractivity contribution in [1.29, 1.82) is 0 Å². The third kappa shape index (κ3) is 4.63. The second kappa shape index (κ2) is 7.69. The molecule has 0 aromatic heterocycles. The minimum atomic E-state index is -3.95. The number of aliphatic hydroxyl groups is 1. The first-order valence-electron chi connectivity index (χ1n) is 6.32. The van der Waals surface area contributed by atoms with Gasteiger partial charge in [0.15, 0.2) is 4.90 Å². The third-order valence-electron chi connectivity index (χ3n) is 2.94. The monoisotopic (exact) mass is 336 g/mol. The van der Waals surface area contributed by atoms with Crippen LogP contribution in [0.1, 0.15) is 19.3 Å². The Bertz CT molecular complexity index is 606. The molecule has 0 bridgehead atoms. The maximum atomic E-state index is 12.4. The summed E-state index contributed by atoms with van der Waals surface area (Å²) in [5, 5.41) is 19.8. The van der Waals surface area contributed by atoms with E-state index in [1.54, 1.807) is 0 Å². The van der Waals surface area contributed by atoms with Gasteiger partial charge in [-0.3, -0.25) is 10.1 Å². The first-order valence-corrected chi connectivity index (χ1v) is 8.13. The highest BCUT2D eigenvalue weighted by atomic mass is 35.5. The summed E-state index contributed by atoms with van der Waals surface area (Å²) in [6.07, 6.45) is 1.84. The van der Waals surface area contributed by atoms with Gasteiger partial charge in [-0.25, -0.2) is 12.7 Å². The molecule has 0 saturated carbocycles. The minimum Gasteiger partial charge on any atom is -0.396 e. The zero-order valence-electron chi connectivity index (χ0n) is 11.5. The number of hydrogen-bond acceptors (Lipinski definition) is 5. The van der Waals surface area contributed by atoms with Crippen LogP contribution in [0.3, 0.4) is 0 Å². The van der Waals surface area contributed by atoms with Crippen LogP contribution < -0.4 is 0 Å². The van der Waals surface area contributed by atoms with Crippen molar-refractivity contribution in [1.82, 2.24) is 4.31 Å². The summed E-state index contributed by atoms with van der Waals surface area (Å²) in [4.78, 5) is 9.84. The van der Waals surface area contributed by atoms with E-state index in [2.05, 4.69) is 0 Å². The SMILES string of the molecule is CN(CCCCCO)S(=O)(=O)c1ccc(Cl)cc1[N+](=O)[O-]. The minimum absolute atomic E-state index is 0.0547. The van der Waals surface area contributed by atoms with Crippen LogP contribution in [0, 0.1) is 10.1 Å². The molecule has 1 aromatic rings. The number of nitro benzene ring substituents is 1. The molecule has 0 heterocycles. The van der Waals surface area contributed by atoms with E-state index in [0.717, 1.165) is 16.4 Å². The van der Waals surface area contributed by atoms with E-state index in [9.17, 15) is 18.5 Å². The topological polar surface area (TPSA) is 101 Å². The molecule has 1 N–H and O–H groups in total. The summed E-state index contributed by atoms with van der Waals surface area (Å²) < 4.78 is 25.8. The van der Waals surface area contributed by atoms with Crippen molar-refractivity contribution < 1.29 is 18.4 Å². The maximum Gasteiger partial charge on any atom is 0.290 e. The van der Waals surface area contributed by atoms with Gasteiger partial charge in [-0.1, -0.05) is 11.6 Å². The molecule has 0 saturated heterocycles. The summed E-state index contributed by atoms with van der Waals surface area (Å²) in [5.41, 5.74) is -0.537. The first kappa shape index (κ1) is 17.8. The van der Waals surface area contributed by atoms with Crippen molar-refractivity contribution in [3.8, 4) is 0 Å². The first-order chi connectivity index (χ1) is 9.80. The number of benzene rings is 1. The lowest BCUT2D eigenvalue weighted by atomic mass is 10.2. The van der Waals surface area contributed by atoms with Gasteiger partial charge in [0.05, 0.1) is 4.92 Å². The van der Waals surface area contributed by atoms with E-state index in [-0.39, 0.29) is 23.1 Å². The summed E-state index contributed by atoms with van der Waals surface area (Å²) in [6, 6.07) is 3.47. The molecule has 0 aliphatic carbocycles. The van der Waals surface area contributed by atoms with Crippen LogP contribution >= 0.6 is 11.6 Å². The molecule has 0 atom stereocenters. The molecular weight excluding hydrogens is 320 g/mol. The van der Waals surface area contributed by atoms with E-state index in [1.165, 1.54) is 13.1 Å². The zero-order valence-corrected chi connectivity index (χ0v) is 13.1. The van der Waals surface area contributed by atoms with Gasteiger partial charge >= 0.3 is 0 Å². The molecule has 7 nitrogen and oxygen atoms in total. The van der Waals surface area contributed by atoms with Gasteiger partial charge in [-0.15, -0.1) is 0 Å². The van der Waals surface area contributed by atoms with Crippen molar-refractivity contribution in [2.45, 2.75) is 24.2 Å². The van der Waals surface area contributed by atoms with Gasteiger partial charge in [0.1, 0.15) is 0 Å². The summed E-state index contributed by atoms with van der Waals surface area (Å²) in [7, 11) is -2.58. The van der Waals surface area contributed by atoms with Crippen molar-refractivity contribution >= 4 is 27.3 Å². The van der Waals surface area contributed by atoms with Crippen LogP contribution in [0.25, 0.3) is 0 Å². The number of rotatable bonds is 8. The largest absolute Gasteiger partial charge is 0.396 e. The number of nitrogens with zero attached hydrogens (tertiary/aromatic N) is 2. The highest BCUT2D eigenvalue weighted by molar-refractivity contribution is 7.89. The summed E-state index contributed by atoms with van der Waals surface area (Å²) in [6.45, 7) is 0.279. The molecule has 0 spiro atoms. The molecule has 0 aliphatic heterocycles. The Morgan fingerprint density at radius 3 is 2.57 bits per heavy atom. The van der Waals surface area contributed by atoms with Crippen LogP contribution in [0.5, 0.6) is 0 Å². The van der Waals surface area contributed by atoms with Crippen LogP contribution in [0.2, 0.25) is 5.02 Å². The average molecular weight is 337 g/mol. The van der Waals surface area contributed by atoms with Crippen molar-refractivity contribution in [2.24, 2.45) is 0 Å². The Morgan fingerprint density at radius 2 is 2.00 bits per heavy atom. The highest BCUT2D eigenvalue weighted by Crippen LogP contribution is 2.29.